The zero-order valence-corrected chi connectivity index (χ0v) is 18.3. The number of nitrogens with one attached hydrogen (secondary N) is 1. The highest BCUT2D eigenvalue weighted by Crippen LogP contribution is 2.36. The van der Waals surface area contributed by atoms with Crippen molar-refractivity contribution in [1.82, 2.24) is 24.6 Å². The molecule has 0 saturated carbocycles. The molecule has 6 rings (SSSR count). The SMILES string of the molecule is COc1nc2cc(C#N)cc3c2nc1-c1cccc2c(=O)n([nH]c12)CCN1C[C@H](C[C@H]1C)O3. The first-order chi connectivity index (χ1) is 16.1. The average molecular weight is 442 g/mol. The number of hydrogen-bond donors (Lipinski definition) is 1. The average Bonchev–Trinajstić information content (AvgIpc) is 3.34. The lowest BCUT2D eigenvalue weighted by Gasteiger charge is -2.21. The van der Waals surface area contributed by atoms with Crippen LogP contribution in [-0.4, -0.2) is 57.0 Å². The molecule has 3 atom stereocenters. The van der Waals surface area contributed by atoms with Gasteiger partial charge in [-0.1, -0.05) is 12.1 Å². The van der Waals surface area contributed by atoms with Gasteiger partial charge in [-0.2, -0.15) is 5.26 Å². The van der Waals surface area contributed by atoms with E-state index >= 15 is 0 Å². The number of hydrogen-bond acceptors (Lipinski definition) is 7. The van der Waals surface area contributed by atoms with Crippen LogP contribution in [0.5, 0.6) is 11.6 Å². The van der Waals surface area contributed by atoms with E-state index in [4.69, 9.17) is 14.5 Å². The maximum atomic E-state index is 13.1. The van der Waals surface area contributed by atoms with Crippen molar-refractivity contribution < 1.29 is 9.47 Å². The second-order valence-electron chi connectivity index (χ2n) is 8.65. The number of fused-ring (bicyclic) bond motifs is 5. The van der Waals surface area contributed by atoms with Gasteiger partial charge in [0.2, 0.25) is 5.88 Å². The Kier molecular flexibility index (Phi) is 4.38. The van der Waals surface area contributed by atoms with Crippen molar-refractivity contribution in [3.05, 3.63) is 46.2 Å². The van der Waals surface area contributed by atoms with E-state index in [0.29, 0.717) is 57.4 Å². The van der Waals surface area contributed by atoms with E-state index in [9.17, 15) is 10.1 Å². The Bertz CT molecular complexity index is 1510. The molecule has 0 aliphatic carbocycles. The first-order valence-electron chi connectivity index (χ1n) is 11.0. The summed E-state index contributed by atoms with van der Waals surface area (Å²) in [6, 6.07) is 11.5. The third kappa shape index (κ3) is 3.06. The number of ether oxygens (including phenoxy) is 2. The van der Waals surface area contributed by atoms with Gasteiger partial charge in [0.15, 0.2) is 0 Å². The van der Waals surface area contributed by atoms with Crippen molar-refractivity contribution in [2.24, 2.45) is 0 Å². The van der Waals surface area contributed by atoms with Crippen LogP contribution in [0.15, 0.2) is 35.1 Å². The van der Waals surface area contributed by atoms with Gasteiger partial charge in [-0.25, -0.2) is 9.97 Å². The van der Waals surface area contributed by atoms with Crippen LogP contribution in [0.25, 0.3) is 33.2 Å². The van der Waals surface area contributed by atoms with E-state index in [-0.39, 0.29) is 11.7 Å². The molecule has 6 bridgehead atoms. The molecule has 2 aromatic heterocycles. The largest absolute Gasteiger partial charge is 0.487 e. The number of H-pyrrole nitrogens is 1. The van der Waals surface area contributed by atoms with Gasteiger partial charge in [-0.15, -0.1) is 0 Å². The predicted molar refractivity (Wildman–Crippen MR) is 122 cm³/mol. The molecule has 166 valence electrons. The van der Waals surface area contributed by atoms with Gasteiger partial charge in [-0.3, -0.25) is 19.5 Å². The molecule has 2 aliphatic rings. The number of rotatable bonds is 1. The quantitative estimate of drug-likeness (QED) is 0.483. The van der Waals surface area contributed by atoms with Crippen molar-refractivity contribution in [1.29, 1.82) is 5.26 Å². The lowest BCUT2D eigenvalue weighted by atomic mass is 10.1. The third-order valence-electron chi connectivity index (χ3n) is 6.64. The summed E-state index contributed by atoms with van der Waals surface area (Å²) in [6.45, 7) is 4.17. The Labute approximate surface area is 189 Å². The van der Waals surface area contributed by atoms with Crippen LogP contribution in [0.2, 0.25) is 0 Å². The van der Waals surface area contributed by atoms with E-state index in [1.54, 1.807) is 16.8 Å². The van der Waals surface area contributed by atoms with Crippen LogP contribution in [0.1, 0.15) is 18.9 Å². The van der Waals surface area contributed by atoms with Crippen LogP contribution in [0.3, 0.4) is 0 Å². The minimum atomic E-state index is -0.0616. The highest BCUT2D eigenvalue weighted by Gasteiger charge is 2.31. The minimum absolute atomic E-state index is 0.0497. The van der Waals surface area contributed by atoms with Gasteiger partial charge in [0.25, 0.3) is 5.56 Å². The molecule has 33 heavy (non-hydrogen) atoms. The maximum Gasteiger partial charge on any atom is 0.274 e. The Hall–Kier alpha value is -3.90. The molecule has 1 fully saturated rings. The molecule has 0 radical (unpaired) electrons. The van der Waals surface area contributed by atoms with Crippen LogP contribution in [0, 0.1) is 11.3 Å². The van der Waals surface area contributed by atoms with Crippen molar-refractivity contribution in [2.75, 3.05) is 20.2 Å². The number of nitriles is 1. The molecule has 4 heterocycles. The second-order valence-corrected chi connectivity index (χ2v) is 8.65. The smallest absolute Gasteiger partial charge is 0.274 e. The topological polar surface area (TPSA) is 109 Å². The summed E-state index contributed by atoms with van der Waals surface area (Å²) in [5.74, 6) is 0.854. The van der Waals surface area contributed by atoms with Crippen LogP contribution < -0.4 is 15.0 Å². The van der Waals surface area contributed by atoms with Gasteiger partial charge in [0.05, 0.1) is 41.7 Å². The predicted octanol–water partition coefficient (Wildman–Crippen LogP) is 2.68. The van der Waals surface area contributed by atoms with Gasteiger partial charge >= 0.3 is 0 Å². The minimum Gasteiger partial charge on any atom is -0.487 e. The monoisotopic (exact) mass is 442 g/mol. The van der Waals surface area contributed by atoms with E-state index in [2.05, 4.69) is 28.0 Å². The highest BCUT2D eigenvalue weighted by atomic mass is 16.5. The van der Waals surface area contributed by atoms with Crippen molar-refractivity contribution in [2.45, 2.75) is 32.0 Å². The molecule has 9 heteroatoms. The fourth-order valence-electron chi connectivity index (χ4n) is 4.97. The molecule has 1 unspecified atom stereocenters. The van der Waals surface area contributed by atoms with Gasteiger partial charge in [0.1, 0.15) is 23.1 Å². The molecule has 1 saturated heterocycles. The summed E-state index contributed by atoms with van der Waals surface area (Å²) in [5, 5.41) is 13.4. The molecule has 2 aromatic carbocycles. The number of para-hydroxylation sites is 1. The molecule has 2 aliphatic heterocycles. The van der Waals surface area contributed by atoms with Crippen LogP contribution >= 0.6 is 0 Å². The van der Waals surface area contributed by atoms with Crippen molar-refractivity contribution in [3.8, 4) is 29.0 Å². The Morgan fingerprint density at radius 1 is 1.27 bits per heavy atom. The third-order valence-corrected chi connectivity index (χ3v) is 6.64. The number of aromatic nitrogens is 4. The highest BCUT2D eigenvalue weighted by molar-refractivity contribution is 5.95. The Morgan fingerprint density at radius 2 is 2.15 bits per heavy atom. The number of benzene rings is 2. The number of aromatic amines is 1. The standard InChI is InChI=1S/C24H22N6O3/c1-13-8-15-12-29(13)6-7-30-24(31)17-5-3-4-16(20(17)28-30)21-23(32-2)26-18-9-14(11-25)10-19(33-15)22(18)27-21/h3-5,9-10,13,15,28H,6-8,12H2,1-2H3/t13-,15+/m1/s1. The van der Waals surface area contributed by atoms with Crippen molar-refractivity contribution in [3.63, 3.8) is 0 Å². The normalized spacial score (nSPS) is 21.8. The summed E-state index contributed by atoms with van der Waals surface area (Å²) in [7, 11) is 1.53. The summed E-state index contributed by atoms with van der Waals surface area (Å²) in [5.41, 5.74) is 3.40. The van der Waals surface area contributed by atoms with E-state index in [1.165, 1.54) is 7.11 Å². The molecule has 0 amide bonds. The Balaban J connectivity index is 1.68. The van der Waals surface area contributed by atoms with E-state index < -0.39 is 0 Å². The van der Waals surface area contributed by atoms with Crippen LogP contribution in [-0.2, 0) is 6.54 Å². The van der Waals surface area contributed by atoms with E-state index in [0.717, 1.165) is 25.1 Å². The maximum absolute atomic E-state index is 13.1. The Morgan fingerprint density at radius 3 is 2.97 bits per heavy atom. The fourth-order valence-corrected chi connectivity index (χ4v) is 4.97. The number of nitrogens with zero attached hydrogens (tertiary/aromatic N) is 5. The second kappa shape index (κ2) is 7.32. The summed E-state index contributed by atoms with van der Waals surface area (Å²) < 4.78 is 13.7. The molecule has 9 nitrogen and oxygen atoms in total. The first-order valence-corrected chi connectivity index (χ1v) is 11.0. The summed E-state index contributed by atoms with van der Waals surface area (Å²) >= 11 is 0. The molecule has 1 N–H and O–H groups in total. The lowest BCUT2D eigenvalue weighted by molar-refractivity contribution is 0.195. The van der Waals surface area contributed by atoms with Gasteiger partial charge < -0.3 is 9.47 Å². The van der Waals surface area contributed by atoms with Gasteiger partial charge in [0, 0.05) is 37.2 Å². The molecule has 0 spiro atoms. The summed E-state index contributed by atoms with van der Waals surface area (Å²) in [4.78, 5) is 25.0. The van der Waals surface area contributed by atoms with Crippen molar-refractivity contribution >= 4 is 21.9 Å². The molecular weight excluding hydrogens is 420 g/mol. The first kappa shape index (κ1) is 19.8. The summed E-state index contributed by atoms with van der Waals surface area (Å²) in [6.07, 6.45) is 0.796. The van der Waals surface area contributed by atoms with Gasteiger partial charge in [-0.05, 0) is 19.1 Å². The zero-order chi connectivity index (χ0) is 22.7. The molecular formula is C24H22N6O3. The lowest BCUT2D eigenvalue weighted by Crippen LogP contribution is -2.33. The zero-order valence-electron chi connectivity index (χ0n) is 18.3. The fraction of sp³-hybridized carbons (Fsp3) is 0.333. The molecule has 4 aromatic rings. The van der Waals surface area contributed by atoms with E-state index in [1.807, 2.05) is 18.2 Å². The van der Waals surface area contributed by atoms with Crippen LogP contribution in [0.4, 0.5) is 0 Å². The number of methoxy groups -OCH3 is 1.